The van der Waals surface area contributed by atoms with Crippen molar-refractivity contribution in [2.75, 3.05) is 0 Å². The largest absolute Gasteiger partial charge is 0.455 e. The number of rotatable bonds is 4. The minimum atomic E-state index is -1.88. The first-order valence-electron chi connectivity index (χ1n) is 9.39. The van der Waals surface area contributed by atoms with Crippen molar-refractivity contribution in [2.24, 2.45) is 0 Å². The Morgan fingerprint density at radius 1 is 0.875 bits per heavy atom. The molecule has 32 heavy (non-hydrogen) atoms. The second kappa shape index (κ2) is 9.10. The van der Waals surface area contributed by atoms with Crippen LogP contribution in [0.5, 0.6) is 0 Å². The lowest BCUT2D eigenvalue weighted by molar-refractivity contribution is -0.279. The van der Waals surface area contributed by atoms with Crippen LogP contribution in [0.2, 0.25) is 0 Å². The van der Waals surface area contributed by atoms with Crippen molar-refractivity contribution in [2.45, 2.75) is 51.5 Å². The molecule has 0 saturated carbocycles. The molecule has 0 radical (unpaired) electrons. The second-order valence-electron chi connectivity index (χ2n) is 7.00. The minimum Gasteiger partial charge on any atom is -0.455 e. The summed E-state index contributed by atoms with van der Waals surface area (Å²) >= 11 is 5.32. The van der Waals surface area contributed by atoms with Crippen LogP contribution in [-0.4, -0.2) is 75.4 Å². The molecule has 2 amide bonds. The van der Waals surface area contributed by atoms with Gasteiger partial charge in [-0.05, 0) is 12.1 Å². The Morgan fingerprint density at radius 3 is 1.78 bits per heavy atom. The van der Waals surface area contributed by atoms with E-state index in [1.54, 1.807) is 12.1 Å². The Kier molecular flexibility index (Phi) is 6.67. The highest BCUT2D eigenvalue weighted by Gasteiger charge is 2.55. The molecule has 0 bridgehead atoms. The van der Waals surface area contributed by atoms with Crippen molar-refractivity contribution in [3.63, 3.8) is 0 Å². The van der Waals surface area contributed by atoms with Gasteiger partial charge in [0.25, 0.3) is 11.8 Å². The molecule has 1 saturated heterocycles. The lowest BCUT2D eigenvalue weighted by atomic mass is 9.97. The van der Waals surface area contributed by atoms with Crippen molar-refractivity contribution in [3.8, 4) is 0 Å². The quantitative estimate of drug-likeness (QED) is 0.280. The summed E-state index contributed by atoms with van der Waals surface area (Å²) < 4.78 is 20.8. The van der Waals surface area contributed by atoms with E-state index in [-0.39, 0.29) is 11.1 Å². The van der Waals surface area contributed by atoms with Gasteiger partial charge in [-0.2, -0.15) is 0 Å². The summed E-state index contributed by atoms with van der Waals surface area (Å²) in [6, 6.07) is 6.02. The number of hydrogen-bond donors (Lipinski definition) is 1. The zero-order valence-corrected chi connectivity index (χ0v) is 18.0. The Hall–Kier alpha value is -3.22. The monoisotopic (exact) mass is 465 g/mol. The van der Waals surface area contributed by atoms with Crippen LogP contribution in [0.4, 0.5) is 0 Å². The van der Waals surface area contributed by atoms with Crippen LogP contribution in [0.3, 0.4) is 0 Å². The van der Waals surface area contributed by atoms with Crippen molar-refractivity contribution >= 4 is 46.9 Å². The van der Waals surface area contributed by atoms with E-state index in [0.717, 1.165) is 20.8 Å². The highest BCUT2D eigenvalue weighted by Crippen LogP contribution is 2.32. The maximum absolute atomic E-state index is 12.8. The topological polar surface area (TPSA) is 146 Å². The third kappa shape index (κ3) is 4.38. The summed E-state index contributed by atoms with van der Waals surface area (Å²) in [5, 5.41) is 10.4. The van der Waals surface area contributed by atoms with Crippen LogP contribution in [0.1, 0.15) is 41.5 Å². The van der Waals surface area contributed by atoms with Gasteiger partial charge in [0.05, 0.1) is 11.1 Å². The number of carbonyl (C=O) groups excluding carboxylic acids is 5. The number of aliphatic hydroxyl groups is 1. The number of thiocarbonyl (C=S) groups is 1. The Balaban J connectivity index is 2.00. The number of fused-ring (bicyclic) bond motifs is 1. The van der Waals surface area contributed by atoms with Gasteiger partial charge in [-0.15, -0.1) is 0 Å². The Labute approximate surface area is 187 Å². The van der Waals surface area contributed by atoms with Crippen LogP contribution >= 0.6 is 12.2 Å². The maximum atomic E-state index is 12.8. The van der Waals surface area contributed by atoms with E-state index in [9.17, 15) is 29.1 Å². The third-order valence-electron chi connectivity index (χ3n) is 4.68. The molecule has 12 heteroatoms. The fourth-order valence-electron chi connectivity index (χ4n) is 3.51. The standard InChI is InChI=1S/C20H19NO10S/c1-8(22)28-13-14(29-9(2)23)16(30-10(3)24)20(27)31-15(13)19(32)21-17(25)11-6-4-5-7-12(11)18(21)26/h4-7,13-16,20,27H,1-3H3/t13-,14+,15+,16-,20+/m1/s1. The smallest absolute Gasteiger partial charge is 0.303 e. The average Bonchev–Trinajstić information content (AvgIpc) is 2.96. The molecule has 0 aliphatic carbocycles. The van der Waals surface area contributed by atoms with E-state index in [1.807, 2.05) is 0 Å². The minimum absolute atomic E-state index is 0.106. The average molecular weight is 465 g/mol. The predicted molar refractivity (Wildman–Crippen MR) is 107 cm³/mol. The number of imide groups is 1. The first-order valence-corrected chi connectivity index (χ1v) is 9.80. The molecule has 170 valence electrons. The molecular formula is C20H19NO10S. The lowest BCUT2D eigenvalue weighted by Crippen LogP contribution is -2.64. The van der Waals surface area contributed by atoms with Crippen LogP contribution in [0, 0.1) is 0 Å². The van der Waals surface area contributed by atoms with Gasteiger partial charge in [0.2, 0.25) is 0 Å². The van der Waals surface area contributed by atoms with Gasteiger partial charge < -0.3 is 24.1 Å². The molecule has 3 rings (SSSR count). The molecule has 1 aromatic carbocycles. The number of ether oxygens (including phenoxy) is 4. The molecule has 2 aliphatic heterocycles. The molecule has 0 spiro atoms. The molecule has 1 N–H and O–H groups in total. The van der Waals surface area contributed by atoms with E-state index in [4.69, 9.17) is 31.2 Å². The summed E-state index contributed by atoms with van der Waals surface area (Å²) in [5.74, 6) is -3.99. The molecule has 0 unspecified atom stereocenters. The van der Waals surface area contributed by atoms with E-state index >= 15 is 0 Å². The van der Waals surface area contributed by atoms with Gasteiger partial charge in [-0.25, -0.2) is 4.90 Å². The van der Waals surface area contributed by atoms with Gasteiger partial charge >= 0.3 is 17.9 Å². The number of aliphatic hydroxyl groups excluding tert-OH is 1. The molecule has 2 aliphatic rings. The molecule has 1 fully saturated rings. The van der Waals surface area contributed by atoms with Gasteiger partial charge in [0.1, 0.15) is 4.99 Å². The molecule has 2 heterocycles. The summed E-state index contributed by atoms with van der Waals surface area (Å²) in [6.07, 6.45) is -8.10. The fourth-order valence-corrected chi connectivity index (χ4v) is 3.86. The molecule has 5 atom stereocenters. The number of hydrogen-bond acceptors (Lipinski definition) is 11. The fraction of sp³-hybridized carbons (Fsp3) is 0.400. The summed E-state index contributed by atoms with van der Waals surface area (Å²) in [5.41, 5.74) is 0.212. The highest BCUT2D eigenvalue weighted by molar-refractivity contribution is 7.80. The number of carbonyl (C=O) groups is 5. The van der Waals surface area contributed by atoms with Crippen molar-refractivity contribution in [1.29, 1.82) is 0 Å². The van der Waals surface area contributed by atoms with Gasteiger partial charge in [0, 0.05) is 20.8 Å². The first-order chi connectivity index (χ1) is 15.0. The number of esters is 3. The normalized spacial score (nSPS) is 26.9. The Bertz CT molecular complexity index is 973. The Morgan fingerprint density at radius 2 is 1.31 bits per heavy atom. The second-order valence-corrected chi connectivity index (χ2v) is 7.42. The highest BCUT2D eigenvalue weighted by atomic mass is 32.1. The summed E-state index contributed by atoms with van der Waals surface area (Å²) in [6.45, 7) is 3.15. The maximum Gasteiger partial charge on any atom is 0.303 e. The first kappa shape index (κ1) is 23.4. The number of nitrogens with zero attached hydrogens (tertiary/aromatic N) is 1. The SMILES string of the molecule is CC(=O)O[C@H]1[C@@H](OC(C)=O)[C@@H](C(=S)N2C(=O)c3ccccc3C2=O)O[C@H](O)[C@@H]1OC(C)=O. The van der Waals surface area contributed by atoms with E-state index in [2.05, 4.69) is 0 Å². The van der Waals surface area contributed by atoms with E-state index < -0.39 is 65.4 Å². The van der Waals surface area contributed by atoms with Gasteiger partial charge in [0.15, 0.2) is 30.7 Å². The molecular weight excluding hydrogens is 446 g/mol. The van der Waals surface area contributed by atoms with Crippen LogP contribution in [0.15, 0.2) is 24.3 Å². The summed E-state index contributed by atoms with van der Waals surface area (Å²) in [4.78, 5) is 60.8. The van der Waals surface area contributed by atoms with Crippen molar-refractivity contribution < 1.29 is 48.0 Å². The zero-order chi connectivity index (χ0) is 23.7. The van der Waals surface area contributed by atoms with Crippen molar-refractivity contribution in [3.05, 3.63) is 35.4 Å². The number of benzene rings is 1. The van der Waals surface area contributed by atoms with Gasteiger partial charge in [-0.1, -0.05) is 24.4 Å². The van der Waals surface area contributed by atoms with E-state index in [0.29, 0.717) is 4.90 Å². The molecule has 1 aromatic rings. The van der Waals surface area contributed by atoms with E-state index in [1.165, 1.54) is 12.1 Å². The van der Waals surface area contributed by atoms with Crippen LogP contribution in [-0.2, 0) is 33.3 Å². The zero-order valence-electron chi connectivity index (χ0n) is 17.2. The van der Waals surface area contributed by atoms with Gasteiger partial charge in [-0.3, -0.25) is 24.0 Å². The van der Waals surface area contributed by atoms with Crippen LogP contribution < -0.4 is 0 Å². The number of amides is 2. The predicted octanol–water partition coefficient (Wildman–Crippen LogP) is 0.122. The summed E-state index contributed by atoms with van der Waals surface area (Å²) in [7, 11) is 0. The van der Waals surface area contributed by atoms with Crippen molar-refractivity contribution in [1.82, 2.24) is 4.90 Å². The lowest BCUT2D eigenvalue weighted by Gasteiger charge is -2.43. The van der Waals surface area contributed by atoms with Crippen LogP contribution in [0.25, 0.3) is 0 Å². The third-order valence-corrected chi connectivity index (χ3v) is 5.09. The molecule has 11 nitrogen and oxygen atoms in total. The molecule has 0 aromatic heterocycles.